The minimum absolute atomic E-state index is 0.167. The molecule has 5 rings (SSSR count). The van der Waals surface area contributed by atoms with Crippen molar-refractivity contribution in [2.24, 2.45) is 11.8 Å². The van der Waals surface area contributed by atoms with Crippen molar-refractivity contribution in [2.45, 2.75) is 50.4 Å². The van der Waals surface area contributed by atoms with E-state index >= 15 is 0 Å². The van der Waals surface area contributed by atoms with Gasteiger partial charge in [-0.1, -0.05) is 23.3 Å². The van der Waals surface area contributed by atoms with E-state index in [1.807, 2.05) is 0 Å². The van der Waals surface area contributed by atoms with E-state index in [0.29, 0.717) is 11.8 Å². The number of methoxy groups -OCH3 is 1. The highest BCUT2D eigenvalue weighted by Crippen LogP contribution is 2.59. The van der Waals surface area contributed by atoms with Crippen LogP contribution in [0.2, 0.25) is 0 Å². The van der Waals surface area contributed by atoms with Crippen LogP contribution in [-0.4, -0.2) is 17.4 Å². The van der Waals surface area contributed by atoms with Crippen LogP contribution in [0.1, 0.15) is 54.6 Å². The number of rotatable bonds is 1. The molecule has 0 spiro atoms. The summed E-state index contributed by atoms with van der Waals surface area (Å²) in [5.41, 5.74) is 5.47. The zero-order valence-electron chi connectivity index (χ0n) is 13.7. The second kappa shape index (κ2) is 4.59. The summed E-state index contributed by atoms with van der Waals surface area (Å²) in [6.45, 7) is 2.38. The third-order valence-corrected chi connectivity index (χ3v) is 6.83. The van der Waals surface area contributed by atoms with Crippen molar-refractivity contribution in [3.63, 3.8) is 0 Å². The summed E-state index contributed by atoms with van der Waals surface area (Å²) < 4.78 is 10.4. The number of nitrogens with zero attached hydrogens (tertiary/aromatic N) is 2. The third-order valence-electron chi connectivity index (χ3n) is 6.83. The number of hydrogen-bond acceptors (Lipinski definition) is 4. The van der Waals surface area contributed by atoms with Crippen molar-refractivity contribution >= 4 is 0 Å². The van der Waals surface area contributed by atoms with E-state index in [1.54, 1.807) is 12.7 Å². The SMILES string of the molecule is COc1ccc2c(c1)CC[C@H]1C2CC[C@@]2(C)c3nonc3CC12. The van der Waals surface area contributed by atoms with Gasteiger partial charge in [0.2, 0.25) is 0 Å². The molecule has 1 aromatic carbocycles. The number of hydrogen-bond donors (Lipinski definition) is 0. The van der Waals surface area contributed by atoms with Crippen LogP contribution in [0.5, 0.6) is 5.75 Å². The lowest BCUT2D eigenvalue weighted by atomic mass is 9.55. The summed E-state index contributed by atoms with van der Waals surface area (Å²) in [6.07, 6.45) is 5.90. The van der Waals surface area contributed by atoms with E-state index in [1.165, 1.54) is 24.8 Å². The Bertz CT molecular complexity index is 768. The summed E-state index contributed by atoms with van der Waals surface area (Å²) >= 11 is 0. The fourth-order valence-electron chi connectivity index (χ4n) is 5.66. The molecular formula is C19H22N2O2. The Morgan fingerprint density at radius 1 is 1.26 bits per heavy atom. The molecular weight excluding hydrogens is 288 g/mol. The molecule has 1 saturated carbocycles. The van der Waals surface area contributed by atoms with Gasteiger partial charge in [-0.2, -0.15) is 0 Å². The van der Waals surface area contributed by atoms with Gasteiger partial charge in [-0.05, 0) is 73.1 Å². The van der Waals surface area contributed by atoms with E-state index in [0.717, 1.165) is 35.9 Å². The number of benzene rings is 1. The predicted molar refractivity (Wildman–Crippen MR) is 85.6 cm³/mol. The molecule has 0 saturated heterocycles. The highest BCUT2D eigenvalue weighted by Gasteiger charge is 2.55. The first-order valence-corrected chi connectivity index (χ1v) is 8.69. The summed E-state index contributed by atoms with van der Waals surface area (Å²) in [7, 11) is 1.75. The highest BCUT2D eigenvalue weighted by molar-refractivity contribution is 5.42. The molecule has 120 valence electrons. The van der Waals surface area contributed by atoms with Crippen LogP contribution in [-0.2, 0) is 18.3 Å². The van der Waals surface area contributed by atoms with E-state index < -0.39 is 0 Å². The van der Waals surface area contributed by atoms with E-state index in [9.17, 15) is 0 Å². The van der Waals surface area contributed by atoms with Crippen molar-refractivity contribution in [1.82, 2.24) is 10.3 Å². The number of fused-ring (bicyclic) bond motifs is 7. The Kier molecular flexibility index (Phi) is 2.71. The summed E-state index contributed by atoms with van der Waals surface area (Å²) in [6, 6.07) is 6.67. The van der Waals surface area contributed by atoms with Gasteiger partial charge in [0.25, 0.3) is 0 Å². The van der Waals surface area contributed by atoms with Gasteiger partial charge in [-0.15, -0.1) is 0 Å². The molecule has 2 aromatic rings. The van der Waals surface area contributed by atoms with Crippen LogP contribution in [0.25, 0.3) is 0 Å². The van der Waals surface area contributed by atoms with Gasteiger partial charge in [-0.3, -0.25) is 0 Å². The normalized spacial score (nSPS) is 34.3. The largest absolute Gasteiger partial charge is 0.497 e. The quantitative estimate of drug-likeness (QED) is 0.806. The van der Waals surface area contributed by atoms with Crippen LogP contribution in [0.15, 0.2) is 22.8 Å². The van der Waals surface area contributed by atoms with Gasteiger partial charge < -0.3 is 4.74 Å². The van der Waals surface area contributed by atoms with Crippen molar-refractivity contribution in [1.29, 1.82) is 0 Å². The van der Waals surface area contributed by atoms with Gasteiger partial charge in [0.1, 0.15) is 17.1 Å². The molecule has 3 aliphatic rings. The Balaban J connectivity index is 1.53. The van der Waals surface area contributed by atoms with E-state index in [4.69, 9.17) is 9.37 Å². The van der Waals surface area contributed by atoms with Crippen molar-refractivity contribution in [3.8, 4) is 5.75 Å². The second-order valence-electron chi connectivity index (χ2n) is 7.70. The molecule has 1 heterocycles. The van der Waals surface area contributed by atoms with Crippen LogP contribution in [0.4, 0.5) is 0 Å². The lowest BCUT2D eigenvalue weighted by Gasteiger charge is -2.48. The smallest absolute Gasteiger partial charge is 0.119 e. The Hall–Kier alpha value is -1.84. The molecule has 0 amide bonds. The maximum absolute atomic E-state index is 5.41. The molecule has 4 atom stereocenters. The zero-order chi connectivity index (χ0) is 15.6. The molecule has 1 fully saturated rings. The molecule has 0 aliphatic heterocycles. The van der Waals surface area contributed by atoms with Gasteiger partial charge in [0, 0.05) is 5.41 Å². The Morgan fingerprint density at radius 3 is 3.04 bits per heavy atom. The monoisotopic (exact) mass is 310 g/mol. The van der Waals surface area contributed by atoms with Crippen LogP contribution in [0.3, 0.4) is 0 Å². The molecule has 23 heavy (non-hydrogen) atoms. The first kappa shape index (κ1) is 13.6. The van der Waals surface area contributed by atoms with E-state index in [-0.39, 0.29) is 5.41 Å². The highest BCUT2D eigenvalue weighted by atomic mass is 16.6. The van der Waals surface area contributed by atoms with Crippen LogP contribution >= 0.6 is 0 Å². The van der Waals surface area contributed by atoms with Crippen molar-refractivity contribution in [3.05, 3.63) is 40.7 Å². The molecule has 4 nitrogen and oxygen atoms in total. The van der Waals surface area contributed by atoms with Crippen molar-refractivity contribution in [2.75, 3.05) is 7.11 Å². The Morgan fingerprint density at radius 2 is 2.17 bits per heavy atom. The van der Waals surface area contributed by atoms with Gasteiger partial charge in [-0.25, -0.2) is 4.63 Å². The summed E-state index contributed by atoms with van der Waals surface area (Å²) in [4.78, 5) is 0. The average molecular weight is 310 g/mol. The fraction of sp³-hybridized carbons (Fsp3) is 0.579. The topological polar surface area (TPSA) is 48.2 Å². The fourth-order valence-corrected chi connectivity index (χ4v) is 5.66. The molecule has 0 N–H and O–H groups in total. The standard InChI is InChI=1S/C19H22N2O2/c1-19-8-7-14-13-6-4-12(22-2)9-11(13)3-5-15(14)16(19)10-17-18(19)21-23-20-17/h4,6,9,14-16H,3,5,7-8,10H2,1-2H3/t14?,15-,16?,19+/m0/s1. The summed E-state index contributed by atoms with van der Waals surface area (Å²) in [5, 5.41) is 8.42. The lowest BCUT2D eigenvalue weighted by molar-refractivity contribution is 0.0956. The number of aryl methyl sites for hydroxylation is 1. The molecule has 0 bridgehead atoms. The molecule has 4 heteroatoms. The summed E-state index contributed by atoms with van der Waals surface area (Å²) in [5.74, 6) is 3.08. The second-order valence-corrected chi connectivity index (χ2v) is 7.70. The third kappa shape index (κ3) is 1.72. The molecule has 0 radical (unpaired) electrons. The number of ether oxygens (including phenoxy) is 1. The van der Waals surface area contributed by atoms with Gasteiger partial charge >= 0.3 is 0 Å². The van der Waals surface area contributed by atoms with Gasteiger partial charge in [0.05, 0.1) is 7.11 Å². The van der Waals surface area contributed by atoms with Crippen LogP contribution < -0.4 is 4.74 Å². The Labute approximate surface area is 136 Å². The molecule has 1 aromatic heterocycles. The van der Waals surface area contributed by atoms with Crippen LogP contribution in [0, 0.1) is 11.8 Å². The zero-order valence-corrected chi connectivity index (χ0v) is 13.7. The number of aromatic nitrogens is 2. The average Bonchev–Trinajstić information content (AvgIpc) is 3.15. The predicted octanol–water partition coefficient (Wildman–Crippen LogP) is 3.65. The van der Waals surface area contributed by atoms with E-state index in [2.05, 4.69) is 35.4 Å². The molecule has 3 aliphatic carbocycles. The first-order chi connectivity index (χ1) is 11.2. The lowest BCUT2D eigenvalue weighted by Crippen LogP contribution is -2.43. The van der Waals surface area contributed by atoms with Gasteiger partial charge in [0.15, 0.2) is 0 Å². The maximum atomic E-state index is 5.41. The minimum atomic E-state index is 0.167. The molecule has 2 unspecified atom stereocenters. The maximum Gasteiger partial charge on any atom is 0.119 e. The van der Waals surface area contributed by atoms with Crippen molar-refractivity contribution < 1.29 is 9.37 Å². The minimum Gasteiger partial charge on any atom is -0.497 e. The first-order valence-electron chi connectivity index (χ1n) is 8.69.